The zero-order valence-electron chi connectivity index (χ0n) is 15.8. The van der Waals surface area contributed by atoms with Gasteiger partial charge in [-0.15, -0.1) is 0 Å². The van der Waals surface area contributed by atoms with Gasteiger partial charge in [-0.05, 0) is 37.7 Å². The smallest absolute Gasteiger partial charge is 0.411 e. The normalized spacial score (nSPS) is 21.0. The molecule has 4 nitrogen and oxygen atoms in total. The van der Waals surface area contributed by atoms with E-state index in [-0.39, 0.29) is 29.7 Å². The molecule has 2 unspecified atom stereocenters. The first kappa shape index (κ1) is 20.8. The van der Waals surface area contributed by atoms with E-state index in [4.69, 9.17) is 16.3 Å². The molecule has 2 fully saturated rings. The Bertz CT molecular complexity index is 574. The molecule has 5 heteroatoms. The topological polar surface area (TPSA) is 46.6 Å². The first-order valence-corrected chi connectivity index (χ1v) is 10.3. The quantitative estimate of drug-likeness (QED) is 0.647. The van der Waals surface area contributed by atoms with E-state index >= 15 is 0 Å². The van der Waals surface area contributed by atoms with E-state index in [0.29, 0.717) is 6.54 Å². The van der Waals surface area contributed by atoms with E-state index in [1.807, 2.05) is 44.2 Å². The summed E-state index contributed by atoms with van der Waals surface area (Å²) in [6.45, 7) is 4.63. The lowest BCUT2D eigenvalue weighted by Gasteiger charge is -2.41. The Balaban J connectivity index is 0.00000117. The lowest BCUT2D eigenvalue weighted by Crippen LogP contribution is -2.50. The van der Waals surface area contributed by atoms with Crippen molar-refractivity contribution in [3.8, 4) is 0 Å². The fourth-order valence-electron chi connectivity index (χ4n) is 3.84. The van der Waals surface area contributed by atoms with Crippen LogP contribution < -0.4 is 0 Å². The third-order valence-electron chi connectivity index (χ3n) is 5.32. The number of nitrogens with zero attached hydrogens (tertiary/aromatic N) is 1. The molecule has 0 aromatic heterocycles. The maximum absolute atomic E-state index is 13.1. The Labute approximate surface area is 161 Å². The van der Waals surface area contributed by atoms with Crippen molar-refractivity contribution in [1.82, 2.24) is 4.90 Å². The molecule has 0 spiro atoms. The largest absolute Gasteiger partial charge is 0.433 e. The molecule has 26 heavy (non-hydrogen) atoms. The van der Waals surface area contributed by atoms with Crippen LogP contribution in [0.25, 0.3) is 0 Å². The van der Waals surface area contributed by atoms with Crippen LogP contribution in [-0.2, 0) is 9.53 Å². The van der Waals surface area contributed by atoms with Crippen molar-refractivity contribution >= 4 is 23.5 Å². The highest BCUT2D eigenvalue weighted by atomic mass is 35.5. The van der Waals surface area contributed by atoms with E-state index in [9.17, 15) is 9.59 Å². The third-order valence-corrected chi connectivity index (χ3v) is 5.43. The lowest BCUT2D eigenvalue weighted by atomic mass is 9.72. The molecule has 0 radical (unpaired) electrons. The van der Waals surface area contributed by atoms with Crippen molar-refractivity contribution in [1.29, 1.82) is 0 Å². The monoisotopic (exact) mass is 379 g/mol. The summed E-state index contributed by atoms with van der Waals surface area (Å²) >= 11 is 5.57. The SMILES string of the molecule is CC.O=C(C1CCC1)C(c1ccccc1)C1CCCCN1C(=O)OCCl. The van der Waals surface area contributed by atoms with Gasteiger partial charge in [0.2, 0.25) is 0 Å². The summed E-state index contributed by atoms with van der Waals surface area (Å²) in [7, 11) is 0. The number of benzene rings is 1. The number of amides is 1. The first-order valence-electron chi connectivity index (χ1n) is 9.80. The van der Waals surface area contributed by atoms with E-state index in [1.165, 1.54) is 0 Å². The number of halogens is 1. The van der Waals surface area contributed by atoms with Gasteiger partial charge in [-0.25, -0.2) is 4.79 Å². The summed E-state index contributed by atoms with van der Waals surface area (Å²) in [5.41, 5.74) is 1.00. The summed E-state index contributed by atoms with van der Waals surface area (Å²) in [6.07, 6.45) is 5.46. The minimum atomic E-state index is -0.406. The van der Waals surface area contributed by atoms with Crippen LogP contribution in [0.3, 0.4) is 0 Å². The van der Waals surface area contributed by atoms with Crippen LogP contribution in [0.1, 0.15) is 63.9 Å². The number of carbonyl (C=O) groups excluding carboxylic acids is 2. The number of ether oxygens (including phenoxy) is 1. The molecule has 2 atom stereocenters. The zero-order valence-corrected chi connectivity index (χ0v) is 16.6. The summed E-state index contributed by atoms with van der Waals surface area (Å²) in [6, 6.07) is 9.58. The van der Waals surface area contributed by atoms with Gasteiger partial charge in [0.25, 0.3) is 0 Å². The van der Waals surface area contributed by atoms with Crippen molar-refractivity contribution in [2.45, 2.75) is 64.3 Å². The standard InChI is InChI=1S/C19H24ClNO3.C2H6/c20-13-24-19(23)21-12-5-4-11-16(21)17(14-7-2-1-3-8-14)18(22)15-9-6-10-15;1-2/h1-3,7-8,15-17H,4-6,9-13H2;1-2H3. The molecule has 1 aromatic carbocycles. The van der Waals surface area contributed by atoms with Gasteiger partial charge in [0, 0.05) is 18.5 Å². The number of alkyl halides is 1. The van der Waals surface area contributed by atoms with Crippen LogP contribution in [0.4, 0.5) is 4.79 Å². The highest BCUT2D eigenvalue weighted by Crippen LogP contribution is 2.38. The van der Waals surface area contributed by atoms with E-state index in [0.717, 1.165) is 44.1 Å². The molecule has 1 aliphatic heterocycles. The number of likely N-dealkylation sites (tertiary alicyclic amines) is 1. The van der Waals surface area contributed by atoms with E-state index < -0.39 is 6.09 Å². The number of hydrogen-bond donors (Lipinski definition) is 0. The van der Waals surface area contributed by atoms with Gasteiger partial charge in [0.15, 0.2) is 6.07 Å². The first-order chi connectivity index (χ1) is 12.7. The molecule has 1 saturated heterocycles. The summed E-state index contributed by atoms with van der Waals surface area (Å²) in [4.78, 5) is 27.2. The average Bonchev–Trinajstić information content (AvgIpc) is 2.64. The number of hydrogen-bond acceptors (Lipinski definition) is 3. The second kappa shape index (κ2) is 10.6. The van der Waals surface area contributed by atoms with Gasteiger partial charge < -0.3 is 9.64 Å². The van der Waals surface area contributed by atoms with Gasteiger partial charge in [0.1, 0.15) is 5.78 Å². The third kappa shape index (κ3) is 4.79. The maximum atomic E-state index is 13.1. The van der Waals surface area contributed by atoms with Crippen LogP contribution in [0, 0.1) is 5.92 Å². The second-order valence-corrected chi connectivity index (χ2v) is 6.91. The number of Topliss-reactive ketones (excluding diaryl/α,β-unsaturated/α-hetero) is 1. The molecule has 0 N–H and O–H groups in total. The Hall–Kier alpha value is -1.55. The van der Waals surface area contributed by atoms with Crippen LogP contribution in [0.5, 0.6) is 0 Å². The molecule has 144 valence electrons. The molecule has 1 heterocycles. The minimum Gasteiger partial charge on any atom is -0.433 e. The predicted octanol–water partition coefficient (Wildman–Crippen LogP) is 5.35. The van der Waals surface area contributed by atoms with Crippen LogP contribution in [0.2, 0.25) is 0 Å². The van der Waals surface area contributed by atoms with E-state index in [2.05, 4.69) is 0 Å². The highest BCUT2D eigenvalue weighted by Gasteiger charge is 2.41. The maximum Gasteiger partial charge on any atom is 0.411 e. The number of rotatable bonds is 5. The molecule has 3 rings (SSSR count). The Morgan fingerprint density at radius 3 is 2.38 bits per heavy atom. The van der Waals surface area contributed by atoms with Crippen molar-refractivity contribution < 1.29 is 14.3 Å². The van der Waals surface area contributed by atoms with Crippen LogP contribution in [-0.4, -0.2) is 35.4 Å². The van der Waals surface area contributed by atoms with Crippen molar-refractivity contribution in [3.63, 3.8) is 0 Å². The fraction of sp³-hybridized carbons (Fsp3) is 0.619. The van der Waals surface area contributed by atoms with Gasteiger partial charge in [-0.2, -0.15) is 0 Å². The number of ketones is 1. The van der Waals surface area contributed by atoms with Crippen molar-refractivity contribution in [2.24, 2.45) is 5.92 Å². The molecule has 1 saturated carbocycles. The molecule has 0 bridgehead atoms. The fourth-order valence-corrected chi connectivity index (χ4v) is 3.94. The summed E-state index contributed by atoms with van der Waals surface area (Å²) in [5.74, 6) is 0.158. The Kier molecular flexibility index (Phi) is 8.43. The van der Waals surface area contributed by atoms with Crippen molar-refractivity contribution in [3.05, 3.63) is 35.9 Å². The summed E-state index contributed by atoms with van der Waals surface area (Å²) in [5, 5.41) is 0. The van der Waals surface area contributed by atoms with Gasteiger partial charge >= 0.3 is 6.09 Å². The second-order valence-electron chi connectivity index (χ2n) is 6.69. The molecule has 1 amide bonds. The average molecular weight is 380 g/mol. The predicted molar refractivity (Wildman–Crippen MR) is 104 cm³/mol. The van der Waals surface area contributed by atoms with Crippen LogP contribution in [0.15, 0.2) is 30.3 Å². The Morgan fingerprint density at radius 2 is 1.81 bits per heavy atom. The van der Waals surface area contributed by atoms with Gasteiger partial charge in [-0.3, -0.25) is 4.79 Å². The number of piperidine rings is 1. The van der Waals surface area contributed by atoms with Crippen molar-refractivity contribution in [2.75, 3.05) is 12.6 Å². The molecule has 1 aromatic rings. The van der Waals surface area contributed by atoms with E-state index in [1.54, 1.807) is 4.90 Å². The molecule has 2 aliphatic rings. The van der Waals surface area contributed by atoms with Gasteiger partial charge in [0.05, 0.1) is 5.92 Å². The number of carbonyl (C=O) groups is 2. The molecule has 1 aliphatic carbocycles. The molecular weight excluding hydrogens is 350 g/mol. The van der Waals surface area contributed by atoms with Crippen LogP contribution >= 0.6 is 11.6 Å². The minimum absolute atomic E-state index is 0.134. The lowest BCUT2D eigenvalue weighted by molar-refractivity contribution is -0.128. The summed E-state index contributed by atoms with van der Waals surface area (Å²) < 4.78 is 5.02. The van der Waals surface area contributed by atoms with Gasteiger partial charge in [-0.1, -0.05) is 62.2 Å². The zero-order chi connectivity index (χ0) is 18.9. The Morgan fingerprint density at radius 1 is 1.12 bits per heavy atom. The molecular formula is C21H30ClNO3. The highest BCUT2D eigenvalue weighted by molar-refractivity contribution is 6.17.